The minimum absolute atomic E-state index is 0.184. The Kier molecular flexibility index (Phi) is 6.85. The predicted octanol–water partition coefficient (Wildman–Crippen LogP) is 6.10. The van der Waals surface area contributed by atoms with E-state index in [4.69, 9.17) is 9.15 Å². The van der Waals surface area contributed by atoms with Crippen LogP contribution in [0.15, 0.2) is 45.8 Å². The molecule has 1 N–H and O–H groups in total. The van der Waals surface area contributed by atoms with Crippen molar-refractivity contribution in [2.75, 3.05) is 11.9 Å². The van der Waals surface area contributed by atoms with Gasteiger partial charge in [0, 0.05) is 10.6 Å². The minimum Gasteiger partial charge on any atom is -0.462 e. The van der Waals surface area contributed by atoms with E-state index in [2.05, 4.69) is 10.3 Å². The third-order valence-electron chi connectivity index (χ3n) is 5.35. The van der Waals surface area contributed by atoms with Crippen molar-refractivity contribution < 1.29 is 18.7 Å². The Labute approximate surface area is 191 Å². The largest absolute Gasteiger partial charge is 0.462 e. The van der Waals surface area contributed by atoms with E-state index >= 15 is 0 Å². The lowest BCUT2D eigenvalue weighted by Crippen LogP contribution is -2.14. The molecule has 0 fully saturated rings. The number of benzene rings is 1. The molecular formula is C25H26N2O4S. The van der Waals surface area contributed by atoms with Crippen LogP contribution in [0.5, 0.6) is 0 Å². The Morgan fingerprint density at radius 3 is 2.62 bits per heavy atom. The van der Waals surface area contributed by atoms with Crippen LogP contribution in [0, 0.1) is 6.92 Å². The van der Waals surface area contributed by atoms with Crippen molar-refractivity contribution in [3.63, 3.8) is 0 Å². The van der Waals surface area contributed by atoms with Crippen LogP contribution in [-0.2, 0) is 17.6 Å². The van der Waals surface area contributed by atoms with Crippen molar-refractivity contribution in [2.45, 2.75) is 46.0 Å². The van der Waals surface area contributed by atoms with Crippen molar-refractivity contribution in [2.24, 2.45) is 4.99 Å². The van der Waals surface area contributed by atoms with E-state index in [9.17, 15) is 9.59 Å². The third kappa shape index (κ3) is 4.99. The van der Waals surface area contributed by atoms with Crippen LogP contribution >= 0.6 is 11.3 Å². The van der Waals surface area contributed by atoms with Crippen LogP contribution in [0.2, 0.25) is 0 Å². The van der Waals surface area contributed by atoms with Crippen LogP contribution in [0.25, 0.3) is 0 Å². The zero-order chi connectivity index (χ0) is 22.5. The second-order valence-corrected chi connectivity index (χ2v) is 8.79. The summed E-state index contributed by atoms with van der Waals surface area (Å²) < 4.78 is 10.6. The molecule has 0 saturated heterocycles. The molecule has 1 aliphatic rings. The monoisotopic (exact) mass is 450 g/mol. The van der Waals surface area contributed by atoms with Crippen molar-refractivity contribution >= 4 is 40.1 Å². The van der Waals surface area contributed by atoms with Crippen molar-refractivity contribution in [3.05, 3.63) is 69.5 Å². The first kappa shape index (κ1) is 22.0. The van der Waals surface area contributed by atoms with Gasteiger partial charge in [0.05, 0.1) is 23.9 Å². The summed E-state index contributed by atoms with van der Waals surface area (Å²) in [7, 11) is 0. The normalized spacial score (nSPS) is 13.6. The van der Waals surface area contributed by atoms with Crippen molar-refractivity contribution in [3.8, 4) is 0 Å². The Balaban J connectivity index is 1.60. The zero-order valence-electron chi connectivity index (χ0n) is 18.3. The molecule has 7 heteroatoms. The van der Waals surface area contributed by atoms with Gasteiger partial charge in [0.15, 0.2) is 0 Å². The molecule has 0 bridgehead atoms. The average molecular weight is 451 g/mol. The fraction of sp³-hybridized carbons (Fsp3) is 0.320. The minimum atomic E-state index is -0.377. The standard InChI is InChI=1S/C25H26N2O4S/c1-3-30-25(29)17-10-12-18(13-11-17)27-23(28)22-20-7-5-4-6-8-21(20)32-24(22)26-15-19-14-9-16(2)31-19/h9-15H,3-8H2,1-2H3,(H,27,28). The molecule has 6 nitrogen and oxygen atoms in total. The lowest BCUT2D eigenvalue weighted by molar-refractivity contribution is 0.0526. The molecule has 3 aromatic rings. The highest BCUT2D eigenvalue weighted by molar-refractivity contribution is 7.16. The topological polar surface area (TPSA) is 80.9 Å². The van der Waals surface area contributed by atoms with Crippen molar-refractivity contribution in [1.82, 2.24) is 0 Å². The highest BCUT2D eigenvalue weighted by Gasteiger charge is 2.24. The number of rotatable bonds is 6. The Hall–Kier alpha value is -3.19. The molecule has 0 spiro atoms. The predicted molar refractivity (Wildman–Crippen MR) is 127 cm³/mol. The first-order valence-electron chi connectivity index (χ1n) is 10.9. The SMILES string of the molecule is CCOC(=O)c1ccc(NC(=O)c2c(N=Cc3ccc(C)o3)sc3c2CCCCC3)cc1. The molecule has 2 aromatic heterocycles. The third-order valence-corrected chi connectivity index (χ3v) is 6.55. The number of hydrogen-bond acceptors (Lipinski definition) is 6. The molecule has 32 heavy (non-hydrogen) atoms. The summed E-state index contributed by atoms with van der Waals surface area (Å²) in [4.78, 5) is 31.1. The highest BCUT2D eigenvalue weighted by atomic mass is 32.1. The van der Waals surface area contributed by atoms with E-state index in [1.54, 1.807) is 48.7 Å². The maximum Gasteiger partial charge on any atom is 0.338 e. The van der Waals surface area contributed by atoms with Gasteiger partial charge >= 0.3 is 5.97 Å². The van der Waals surface area contributed by atoms with Crippen molar-refractivity contribution in [1.29, 1.82) is 0 Å². The maximum absolute atomic E-state index is 13.3. The van der Waals surface area contributed by atoms with E-state index in [1.165, 1.54) is 11.3 Å². The van der Waals surface area contributed by atoms with E-state index in [-0.39, 0.29) is 11.9 Å². The van der Waals surface area contributed by atoms with Gasteiger partial charge in [-0.05, 0) is 81.5 Å². The average Bonchev–Trinajstić information content (AvgIpc) is 3.28. The zero-order valence-corrected chi connectivity index (χ0v) is 19.1. The second kappa shape index (κ2) is 9.96. The summed E-state index contributed by atoms with van der Waals surface area (Å²) in [6.45, 7) is 3.97. The lowest BCUT2D eigenvalue weighted by atomic mass is 10.0. The van der Waals surface area contributed by atoms with Gasteiger partial charge in [-0.1, -0.05) is 6.42 Å². The number of carbonyl (C=O) groups is 2. The molecule has 0 atom stereocenters. The number of nitrogens with zero attached hydrogens (tertiary/aromatic N) is 1. The van der Waals surface area contributed by atoms with Gasteiger partial charge in [-0.15, -0.1) is 11.3 Å². The number of nitrogens with one attached hydrogen (secondary N) is 1. The van der Waals surface area contributed by atoms with Gasteiger partial charge < -0.3 is 14.5 Å². The van der Waals surface area contributed by atoms with E-state index in [1.807, 2.05) is 19.1 Å². The molecule has 2 heterocycles. The number of aliphatic imine (C=N–C) groups is 1. The fourth-order valence-electron chi connectivity index (χ4n) is 3.80. The molecule has 0 aliphatic heterocycles. The number of thiophene rings is 1. The molecule has 4 rings (SSSR count). The Morgan fingerprint density at radius 1 is 1.12 bits per heavy atom. The molecule has 0 unspecified atom stereocenters. The number of hydrogen-bond donors (Lipinski definition) is 1. The highest BCUT2D eigenvalue weighted by Crippen LogP contribution is 2.39. The van der Waals surface area contributed by atoms with E-state index < -0.39 is 0 Å². The molecule has 0 saturated carbocycles. The summed E-state index contributed by atoms with van der Waals surface area (Å²) in [5.41, 5.74) is 2.82. The van der Waals surface area contributed by atoms with Gasteiger partial charge in [0.2, 0.25) is 0 Å². The van der Waals surface area contributed by atoms with Crippen LogP contribution < -0.4 is 5.32 Å². The number of fused-ring (bicyclic) bond motifs is 1. The van der Waals surface area contributed by atoms with Crippen LogP contribution in [0.4, 0.5) is 10.7 Å². The Bertz CT molecular complexity index is 1140. The number of carbonyl (C=O) groups excluding carboxylic acids is 2. The number of esters is 1. The summed E-state index contributed by atoms with van der Waals surface area (Å²) in [6, 6.07) is 10.5. The van der Waals surface area contributed by atoms with Crippen LogP contribution in [0.1, 0.15) is 68.9 Å². The van der Waals surface area contributed by atoms with Gasteiger partial charge in [-0.3, -0.25) is 4.79 Å². The van der Waals surface area contributed by atoms with Gasteiger partial charge in [-0.25, -0.2) is 9.79 Å². The Morgan fingerprint density at radius 2 is 1.91 bits per heavy atom. The smallest absolute Gasteiger partial charge is 0.338 e. The molecule has 1 amide bonds. The first-order chi connectivity index (χ1) is 15.5. The summed E-state index contributed by atoms with van der Waals surface area (Å²) in [5.74, 6) is 0.916. The molecular weight excluding hydrogens is 424 g/mol. The number of aryl methyl sites for hydroxylation is 2. The number of anilines is 1. The summed E-state index contributed by atoms with van der Waals surface area (Å²) >= 11 is 1.59. The molecule has 0 radical (unpaired) electrons. The number of amides is 1. The first-order valence-corrected chi connectivity index (χ1v) is 11.7. The van der Waals surface area contributed by atoms with E-state index in [0.717, 1.165) is 37.0 Å². The summed E-state index contributed by atoms with van der Waals surface area (Å²) in [6.07, 6.45) is 6.89. The summed E-state index contributed by atoms with van der Waals surface area (Å²) in [5, 5.41) is 3.67. The van der Waals surface area contributed by atoms with Gasteiger partial charge in [0.25, 0.3) is 5.91 Å². The van der Waals surface area contributed by atoms with Crippen LogP contribution in [0.3, 0.4) is 0 Å². The fourth-order valence-corrected chi connectivity index (χ4v) is 5.03. The van der Waals surface area contributed by atoms with Gasteiger partial charge in [-0.2, -0.15) is 0 Å². The van der Waals surface area contributed by atoms with E-state index in [0.29, 0.717) is 34.2 Å². The number of furan rings is 1. The lowest BCUT2D eigenvalue weighted by Gasteiger charge is -2.09. The molecule has 1 aromatic carbocycles. The second-order valence-electron chi connectivity index (χ2n) is 7.70. The quantitative estimate of drug-likeness (QED) is 0.280. The molecule has 166 valence electrons. The maximum atomic E-state index is 13.3. The van der Waals surface area contributed by atoms with Gasteiger partial charge in [0.1, 0.15) is 16.5 Å². The number of ether oxygens (including phenoxy) is 1. The molecule has 1 aliphatic carbocycles. The van der Waals surface area contributed by atoms with Crippen LogP contribution in [-0.4, -0.2) is 24.7 Å².